The van der Waals surface area contributed by atoms with Crippen LogP contribution >= 0.6 is 11.8 Å². The van der Waals surface area contributed by atoms with E-state index in [0.717, 1.165) is 24.6 Å². The Bertz CT molecular complexity index is 270. The van der Waals surface area contributed by atoms with Crippen molar-refractivity contribution in [3.8, 4) is 0 Å². The molecular weight excluding hydrogens is 186 g/mol. The van der Waals surface area contributed by atoms with Crippen molar-refractivity contribution in [3.05, 3.63) is 5.89 Å². The van der Waals surface area contributed by atoms with Gasteiger partial charge in [-0.25, -0.2) is 0 Å². The third-order valence-electron chi connectivity index (χ3n) is 2.05. The number of thioether (sulfide) groups is 1. The Balaban J connectivity index is 2.03. The minimum absolute atomic E-state index is 0.290. The first kappa shape index (κ1) is 9.02. The smallest absolute Gasteiger partial charge is 0.276 e. The van der Waals surface area contributed by atoms with Crippen LogP contribution in [0.25, 0.3) is 0 Å². The fraction of sp³-hybridized carbons (Fsp3) is 0.750. The van der Waals surface area contributed by atoms with Gasteiger partial charge in [-0.15, -0.1) is 10.2 Å². The van der Waals surface area contributed by atoms with E-state index in [9.17, 15) is 0 Å². The van der Waals surface area contributed by atoms with Crippen molar-refractivity contribution in [3.63, 3.8) is 0 Å². The van der Waals surface area contributed by atoms with Crippen LogP contribution in [0.15, 0.2) is 9.64 Å². The van der Waals surface area contributed by atoms with E-state index in [2.05, 4.69) is 22.4 Å². The highest BCUT2D eigenvalue weighted by Crippen LogP contribution is 2.24. The van der Waals surface area contributed by atoms with E-state index in [1.54, 1.807) is 11.8 Å². The molecule has 0 bridgehead atoms. The summed E-state index contributed by atoms with van der Waals surface area (Å²) < 4.78 is 5.49. The van der Waals surface area contributed by atoms with Gasteiger partial charge in [0, 0.05) is 0 Å². The fourth-order valence-corrected chi connectivity index (χ4v) is 1.93. The van der Waals surface area contributed by atoms with E-state index >= 15 is 0 Å². The maximum Gasteiger partial charge on any atom is 0.276 e. The lowest BCUT2D eigenvalue weighted by atomic mass is 10.2. The van der Waals surface area contributed by atoms with Gasteiger partial charge in [0.25, 0.3) is 5.22 Å². The van der Waals surface area contributed by atoms with Crippen LogP contribution in [0.3, 0.4) is 0 Å². The van der Waals surface area contributed by atoms with Crippen molar-refractivity contribution in [2.45, 2.75) is 31.0 Å². The Morgan fingerprint density at radius 3 is 3.23 bits per heavy atom. The summed E-state index contributed by atoms with van der Waals surface area (Å²) in [7, 11) is 0. The minimum Gasteiger partial charge on any atom is -0.414 e. The second-order valence-electron chi connectivity index (χ2n) is 2.99. The summed E-state index contributed by atoms with van der Waals surface area (Å²) in [6, 6.07) is 0.290. The first-order valence-electron chi connectivity index (χ1n) is 4.59. The standard InChI is InChI=1S/C8H13N3OS/c1-2-13-8-11-10-7(12-8)6-4-3-5-9-6/h6,9H,2-5H2,1H3. The van der Waals surface area contributed by atoms with Gasteiger partial charge in [0.1, 0.15) is 0 Å². The van der Waals surface area contributed by atoms with Crippen LogP contribution in [0.4, 0.5) is 0 Å². The first-order valence-corrected chi connectivity index (χ1v) is 5.58. The van der Waals surface area contributed by atoms with Crippen molar-refractivity contribution >= 4 is 11.8 Å². The van der Waals surface area contributed by atoms with Crippen LogP contribution in [-0.2, 0) is 0 Å². The molecule has 2 rings (SSSR count). The predicted molar refractivity (Wildman–Crippen MR) is 50.7 cm³/mol. The summed E-state index contributed by atoms with van der Waals surface area (Å²) in [6.07, 6.45) is 2.31. The Hall–Kier alpha value is -0.550. The molecule has 0 radical (unpaired) electrons. The van der Waals surface area contributed by atoms with Crippen molar-refractivity contribution in [2.24, 2.45) is 0 Å². The summed E-state index contributed by atoms with van der Waals surface area (Å²) >= 11 is 1.59. The molecule has 0 saturated carbocycles. The Labute approximate surface area is 81.5 Å². The van der Waals surface area contributed by atoms with Gasteiger partial charge < -0.3 is 9.73 Å². The molecule has 4 nitrogen and oxygen atoms in total. The average Bonchev–Trinajstić information content (AvgIpc) is 2.70. The van der Waals surface area contributed by atoms with Gasteiger partial charge in [-0.2, -0.15) is 0 Å². The van der Waals surface area contributed by atoms with Gasteiger partial charge in [0.05, 0.1) is 6.04 Å². The molecule has 1 atom stereocenters. The number of rotatable bonds is 3. The zero-order valence-electron chi connectivity index (χ0n) is 7.62. The number of nitrogens with zero attached hydrogens (tertiary/aromatic N) is 2. The molecular formula is C8H13N3OS. The van der Waals surface area contributed by atoms with Crippen LogP contribution in [0, 0.1) is 0 Å². The zero-order valence-corrected chi connectivity index (χ0v) is 8.43. The lowest BCUT2D eigenvalue weighted by Crippen LogP contribution is -2.12. The second-order valence-corrected chi connectivity index (χ2v) is 4.20. The molecule has 1 aliphatic rings. The van der Waals surface area contributed by atoms with E-state index in [0.29, 0.717) is 11.3 Å². The monoisotopic (exact) mass is 199 g/mol. The number of aromatic nitrogens is 2. The van der Waals surface area contributed by atoms with Gasteiger partial charge in [-0.1, -0.05) is 18.7 Å². The highest BCUT2D eigenvalue weighted by Gasteiger charge is 2.21. The van der Waals surface area contributed by atoms with Crippen molar-refractivity contribution < 1.29 is 4.42 Å². The molecule has 1 saturated heterocycles. The van der Waals surface area contributed by atoms with Crippen LogP contribution < -0.4 is 5.32 Å². The topological polar surface area (TPSA) is 51.0 Å². The highest BCUT2D eigenvalue weighted by atomic mass is 32.2. The molecule has 1 aromatic heterocycles. The Morgan fingerprint density at radius 1 is 1.62 bits per heavy atom. The summed E-state index contributed by atoms with van der Waals surface area (Å²) in [5.74, 6) is 1.72. The number of hydrogen-bond donors (Lipinski definition) is 1. The van der Waals surface area contributed by atoms with Gasteiger partial charge >= 0.3 is 0 Å². The molecule has 72 valence electrons. The van der Waals surface area contributed by atoms with E-state index in [4.69, 9.17) is 4.42 Å². The zero-order chi connectivity index (χ0) is 9.10. The summed E-state index contributed by atoms with van der Waals surface area (Å²) in [6.45, 7) is 3.13. The first-order chi connectivity index (χ1) is 6.40. The van der Waals surface area contributed by atoms with Gasteiger partial charge in [-0.05, 0) is 25.1 Å². The lowest BCUT2D eigenvalue weighted by molar-refractivity contribution is 0.374. The molecule has 1 unspecified atom stereocenters. The molecule has 2 heterocycles. The molecule has 1 N–H and O–H groups in total. The van der Waals surface area contributed by atoms with E-state index in [1.807, 2.05) is 0 Å². The van der Waals surface area contributed by atoms with Crippen LogP contribution in [0.5, 0.6) is 0 Å². The quantitative estimate of drug-likeness (QED) is 0.749. The highest BCUT2D eigenvalue weighted by molar-refractivity contribution is 7.99. The third-order valence-corrected chi connectivity index (χ3v) is 2.75. The van der Waals surface area contributed by atoms with E-state index < -0.39 is 0 Å². The Kier molecular flexibility index (Phi) is 2.85. The van der Waals surface area contributed by atoms with Gasteiger partial charge in [-0.3, -0.25) is 0 Å². The van der Waals surface area contributed by atoms with Crippen molar-refractivity contribution in [1.82, 2.24) is 15.5 Å². The van der Waals surface area contributed by atoms with Crippen LogP contribution in [0.1, 0.15) is 31.7 Å². The maximum absolute atomic E-state index is 5.49. The SMILES string of the molecule is CCSc1nnc(C2CCCN2)o1. The molecule has 13 heavy (non-hydrogen) atoms. The largest absolute Gasteiger partial charge is 0.414 e. The molecule has 1 fully saturated rings. The number of hydrogen-bond acceptors (Lipinski definition) is 5. The molecule has 0 amide bonds. The van der Waals surface area contributed by atoms with Gasteiger partial charge in [0.2, 0.25) is 5.89 Å². The summed E-state index contributed by atoms with van der Waals surface area (Å²) in [4.78, 5) is 0. The fourth-order valence-electron chi connectivity index (χ4n) is 1.44. The maximum atomic E-state index is 5.49. The average molecular weight is 199 g/mol. The molecule has 0 aromatic carbocycles. The van der Waals surface area contributed by atoms with Crippen LogP contribution in [-0.4, -0.2) is 22.5 Å². The molecule has 0 spiro atoms. The normalized spacial score (nSPS) is 22.4. The third kappa shape index (κ3) is 2.03. The van der Waals surface area contributed by atoms with Crippen LogP contribution in [0.2, 0.25) is 0 Å². The summed E-state index contributed by atoms with van der Waals surface area (Å²) in [5.41, 5.74) is 0. The van der Waals surface area contributed by atoms with Crippen molar-refractivity contribution in [2.75, 3.05) is 12.3 Å². The number of nitrogens with one attached hydrogen (secondary N) is 1. The van der Waals surface area contributed by atoms with E-state index in [-0.39, 0.29) is 0 Å². The lowest BCUT2D eigenvalue weighted by Gasteiger charge is -2.01. The molecule has 1 aromatic rings. The summed E-state index contributed by atoms with van der Waals surface area (Å²) in [5, 5.41) is 12.0. The molecule has 1 aliphatic heterocycles. The predicted octanol–water partition coefficient (Wildman–Crippen LogP) is 1.61. The molecule has 5 heteroatoms. The Morgan fingerprint density at radius 2 is 2.54 bits per heavy atom. The molecule has 0 aliphatic carbocycles. The van der Waals surface area contributed by atoms with E-state index in [1.165, 1.54) is 6.42 Å². The van der Waals surface area contributed by atoms with Gasteiger partial charge in [0.15, 0.2) is 0 Å². The minimum atomic E-state index is 0.290. The van der Waals surface area contributed by atoms with Crippen molar-refractivity contribution in [1.29, 1.82) is 0 Å². The second kappa shape index (κ2) is 4.11.